The molecule has 0 radical (unpaired) electrons. The molecule has 4 aromatic rings. The number of carbonyl (C=O) groups is 3. The van der Waals surface area contributed by atoms with Gasteiger partial charge in [-0.05, 0) is 48.0 Å². The van der Waals surface area contributed by atoms with Crippen LogP contribution in [0.15, 0.2) is 102 Å². The fourth-order valence-electron chi connectivity index (χ4n) is 6.62. The van der Waals surface area contributed by atoms with Crippen molar-refractivity contribution in [3.63, 3.8) is 0 Å². The van der Waals surface area contributed by atoms with Gasteiger partial charge in [-0.1, -0.05) is 54.6 Å². The third-order valence-corrected chi connectivity index (χ3v) is 8.21. The molecule has 3 heterocycles. The lowest BCUT2D eigenvalue weighted by atomic mass is 9.65. The van der Waals surface area contributed by atoms with Crippen molar-refractivity contribution in [3.8, 4) is 5.75 Å². The van der Waals surface area contributed by atoms with Gasteiger partial charge in [0.05, 0.1) is 25.3 Å². The average molecular weight is 502 g/mol. The second kappa shape index (κ2) is 8.15. The Labute approximate surface area is 219 Å². The topological polar surface area (TPSA) is 76.8 Å². The van der Waals surface area contributed by atoms with Gasteiger partial charge in [-0.25, -0.2) is 0 Å². The minimum atomic E-state index is -1.56. The van der Waals surface area contributed by atoms with Gasteiger partial charge in [0.25, 0.3) is 0 Å². The number of hydrogen-bond donors (Lipinski definition) is 0. The molecule has 0 unspecified atom stereocenters. The number of ketones is 3. The van der Waals surface area contributed by atoms with Crippen LogP contribution in [0.25, 0.3) is 6.08 Å². The second-order valence-electron chi connectivity index (χ2n) is 9.87. The minimum Gasteiger partial charge on any atom is -0.497 e. The van der Waals surface area contributed by atoms with Crippen LogP contribution in [0.5, 0.6) is 5.75 Å². The number of nitrogens with zero attached hydrogens (tertiary/aromatic N) is 1. The van der Waals surface area contributed by atoms with E-state index in [2.05, 4.69) is 0 Å². The molecule has 1 aromatic heterocycles. The molecule has 1 saturated heterocycles. The molecular weight excluding hydrogens is 478 g/mol. The fourth-order valence-corrected chi connectivity index (χ4v) is 6.62. The molecule has 2 aliphatic heterocycles. The molecular formula is C32H23NO5. The zero-order valence-electron chi connectivity index (χ0n) is 20.5. The molecule has 38 heavy (non-hydrogen) atoms. The van der Waals surface area contributed by atoms with E-state index in [1.54, 1.807) is 67.8 Å². The van der Waals surface area contributed by atoms with Crippen molar-refractivity contribution in [2.45, 2.75) is 18.0 Å². The number of Topliss-reactive ketones (excluding diaryl/α,β-unsaturated/α-hetero) is 3. The molecule has 3 aliphatic rings. The highest BCUT2D eigenvalue weighted by molar-refractivity contribution is 6.32. The number of carbonyl (C=O) groups excluding carboxylic acids is 3. The predicted molar refractivity (Wildman–Crippen MR) is 142 cm³/mol. The van der Waals surface area contributed by atoms with Gasteiger partial charge in [0.2, 0.25) is 0 Å². The van der Waals surface area contributed by atoms with Gasteiger partial charge < -0.3 is 14.1 Å². The number of rotatable bonds is 4. The number of para-hydroxylation sites is 1. The van der Waals surface area contributed by atoms with Crippen LogP contribution in [0.1, 0.15) is 48.3 Å². The van der Waals surface area contributed by atoms with Gasteiger partial charge in [-0.2, -0.15) is 0 Å². The average Bonchev–Trinajstić information content (AvgIpc) is 3.66. The Bertz CT molecular complexity index is 1600. The van der Waals surface area contributed by atoms with Crippen LogP contribution in [0.3, 0.4) is 0 Å². The Hall–Kier alpha value is -4.71. The van der Waals surface area contributed by atoms with Gasteiger partial charge in [-0.3, -0.25) is 14.4 Å². The lowest BCUT2D eigenvalue weighted by Gasteiger charge is -2.37. The number of anilines is 1. The van der Waals surface area contributed by atoms with E-state index in [0.717, 1.165) is 11.3 Å². The number of hydrogen-bond acceptors (Lipinski definition) is 6. The van der Waals surface area contributed by atoms with Crippen molar-refractivity contribution in [3.05, 3.63) is 125 Å². The van der Waals surface area contributed by atoms with Gasteiger partial charge in [0, 0.05) is 22.4 Å². The molecule has 1 spiro atoms. The monoisotopic (exact) mass is 501 g/mol. The van der Waals surface area contributed by atoms with Gasteiger partial charge in [-0.15, -0.1) is 0 Å². The van der Waals surface area contributed by atoms with E-state index in [9.17, 15) is 14.4 Å². The predicted octanol–water partition coefficient (Wildman–Crippen LogP) is 5.60. The first-order chi connectivity index (χ1) is 18.6. The van der Waals surface area contributed by atoms with Crippen molar-refractivity contribution in [2.24, 2.45) is 5.41 Å². The number of methoxy groups -OCH3 is 1. The molecule has 0 N–H and O–H groups in total. The second-order valence-corrected chi connectivity index (χ2v) is 9.87. The van der Waals surface area contributed by atoms with E-state index in [1.807, 2.05) is 41.3 Å². The number of fused-ring (bicyclic) bond motifs is 5. The fraction of sp³-hybridized carbons (Fsp3) is 0.156. The maximum absolute atomic E-state index is 14.5. The van der Waals surface area contributed by atoms with Gasteiger partial charge >= 0.3 is 0 Å². The normalized spacial score (nSPS) is 22.3. The SMILES string of the molecule is COc1ccc(C(=O)[C@@H]2[C@@H](c3ccco3)C3(C(=O)c4ccccc4C3=O)[C@H]3C=Cc4ccccc4N23)cc1. The number of benzene rings is 3. The summed E-state index contributed by atoms with van der Waals surface area (Å²) in [6, 6.07) is 23.6. The van der Waals surface area contributed by atoms with Crippen LogP contribution < -0.4 is 9.64 Å². The molecule has 6 nitrogen and oxygen atoms in total. The molecule has 7 rings (SSSR count). The summed E-state index contributed by atoms with van der Waals surface area (Å²) in [4.78, 5) is 45.3. The summed E-state index contributed by atoms with van der Waals surface area (Å²) in [6.45, 7) is 0. The summed E-state index contributed by atoms with van der Waals surface area (Å²) >= 11 is 0. The smallest absolute Gasteiger partial charge is 0.186 e. The highest BCUT2D eigenvalue weighted by Crippen LogP contribution is 2.61. The van der Waals surface area contributed by atoms with E-state index in [1.165, 1.54) is 6.26 Å². The van der Waals surface area contributed by atoms with Crippen LogP contribution >= 0.6 is 0 Å². The third-order valence-electron chi connectivity index (χ3n) is 8.21. The molecule has 1 fully saturated rings. The zero-order valence-corrected chi connectivity index (χ0v) is 20.5. The molecule has 0 amide bonds. The van der Waals surface area contributed by atoms with E-state index in [-0.39, 0.29) is 17.3 Å². The maximum Gasteiger partial charge on any atom is 0.186 e. The van der Waals surface area contributed by atoms with E-state index in [0.29, 0.717) is 28.2 Å². The lowest BCUT2D eigenvalue weighted by Crippen LogP contribution is -2.48. The third kappa shape index (κ3) is 2.80. The molecule has 0 saturated carbocycles. The first-order valence-electron chi connectivity index (χ1n) is 12.5. The minimum absolute atomic E-state index is 0.197. The molecule has 0 bridgehead atoms. The Balaban J connectivity index is 1.51. The van der Waals surface area contributed by atoms with E-state index < -0.39 is 23.4 Å². The molecule has 1 aliphatic carbocycles. The summed E-state index contributed by atoms with van der Waals surface area (Å²) in [6.07, 6.45) is 5.37. The Morgan fingerprint density at radius 1 is 0.868 bits per heavy atom. The summed E-state index contributed by atoms with van der Waals surface area (Å²) in [7, 11) is 1.57. The molecule has 3 aromatic carbocycles. The first kappa shape index (κ1) is 22.5. The summed E-state index contributed by atoms with van der Waals surface area (Å²) < 4.78 is 11.2. The molecule has 3 atom stereocenters. The van der Waals surface area contributed by atoms with Crippen molar-refractivity contribution < 1.29 is 23.5 Å². The van der Waals surface area contributed by atoms with Crippen LogP contribution in [-0.2, 0) is 0 Å². The van der Waals surface area contributed by atoms with Crippen molar-refractivity contribution >= 4 is 29.1 Å². The van der Waals surface area contributed by atoms with Crippen LogP contribution in [0.4, 0.5) is 5.69 Å². The highest BCUT2D eigenvalue weighted by atomic mass is 16.5. The first-order valence-corrected chi connectivity index (χ1v) is 12.5. The maximum atomic E-state index is 14.5. The van der Waals surface area contributed by atoms with Crippen molar-refractivity contribution in [1.29, 1.82) is 0 Å². The highest BCUT2D eigenvalue weighted by Gasteiger charge is 2.72. The van der Waals surface area contributed by atoms with Crippen molar-refractivity contribution in [2.75, 3.05) is 12.0 Å². The Kier molecular flexibility index (Phi) is 4.82. The summed E-state index contributed by atoms with van der Waals surface area (Å²) in [5.74, 6) is -0.524. The van der Waals surface area contributed by atoms with Gasteiger partial charge in [0.15, 0.2) is 17.3 Å². The summed E-state index contributed by atoms with van der Waals surface area (Å²) in [5, 5.41) is 0. The van der Waals surface area contributed by atoms with Crippen molar-refractivity contribution in [1.82, 2.24) is 0 Å². The standard InChI is InChI=1S/C32H23NO5/c1-37-21-15-12-20(13-16-21)29(34)28-27(25-11-6-18-38-25)32(30(35)22-8-3-4-9-23(22)31(32)36)26-17-14-19-7-2-5-10-24(19)33(26)28/h2-18,26-28H,1H3/t26-,27-,28+/m1/s1. The van der Waals surface area contributed by atoms with E-state index >= 15 is 0 Å². The van der Waals surface area contributed by atoms with Crippen LogP contribution in [0.2, 0.25) is 0 Å². The Morgan fingerprint density at radius 2 is 1.55 bits per heavy atom. The molecule has 186 valence electrons. The van der Waals surface area contributed by atoms with Gasteiger partial charge in [0.1, 0.15) is 23.0 Å². The van der Waals surface area contributed by atoms with Crippen LogP contribution in [0, 0.1) is 5.41 Å². The lowest BCUT2D eigenvalue weighted by molar-refractivity contribution is 0.0652. The van der Waals surface area contributed by atoms with E-state index in [4.69, 9.17) is 9.15 Å². The largest absolute Gasteiger partial charge is 0.497 e. The van der Waals surface area contributed by atoms with Crippen LogP contribution in [-0.4, -0.2) is 36.5 Å². The number of ether oxygens (including phenoxy) is 1. The number of furan rings is 1. The molecule has 6 heteroatoms. The zero-order chi connectivity index (χ0) is 26.0. The Morgan fingerprint density at radius 3 is 2.21 bits per heavy atom. The summed E-state index contributed by atoms with van der Waals surface area (Å²) in [5.41, 5.74) is 1.40. The quantitative estimate of drug-likeness (QED) is 0.267.